The Bertz CT molecular complexity index is 798. The molecule has 13 heteroatoms. The van der Waals surface area contributed by atoms with Gasteiger partial charge in [-0.05, 0) is 12.3 Å². The number of aromatic nitrogens is 2. The molecule has 0 aliphatic heterocycles. The highest BCUT2D eigenvalue weighted by Gasteiger charge is 2.31. The number of nitrogens with zero attached hydrogens (tertiary/aromatic N) is 1. The Morgan fingerprint density at radius 2 is 1.78 bits per heavy atom. The minimum atomic E-state index is -1.38. The maximum atomic E-state index is 12.9. The summed E-state index contributed by atoms with van der Waals surface area (Å²) in [6.45, 7) is 3.29. The molecule has 4 amide bonds. The van der Waals surface area contributed by atoms with E-state index in [1.54, 1.807) is 6.92 Å². The summed E-state index contributed by atoms with van der Waals surface area (Å²) in [5.74, 6) is -4.25. The smallest absolute Gasteiger partial charge is 0.326 e. The molecule has 4 atom stereocenters. The molecule has 1 rings (SSSR count). The van der Waals surface area contributed by atoms with E-state index >= 15 is 0 Å². The number of amides is 4. The summed E-state index contributed by atoms with van der Waals surface area (Å²) >= 11 is 0. The first kappa shape index (κ1) is 26.6. The Kier molecular flexibility index (Phi) is 10.8. The van der Waals surface area contributed by atoms with Crippen LogP contribution in [0.25, 0.3) is 0 Å². The van der Waals surface area contributed by atoms with Gasteiger partial charge in [-0.25, -0.2) is 9.78 Å². The summed E-state index contributed by atoms with van der Waals surface area (Å²) < 4.78 is 0. The lowest BCUT2D eigenvalue weighted by Crippen LogP contribution is -2.58. The standard InChI is InChI=1S/C19H31N7O6/c1-3-10(2)16(26-15(28)7-20)18(30)25-13(6-11-8-22-9-23-11)17(29)24-12(19(31)32)4-5-14(21)27/h8-10,12-13,16H,3-7,20H2,1-2H3,(H2,21,27)(H,22,23)(H,24,29)(H,25,30)(H,26,28)(H,31,32). The molecule has 0 radical (unpaired) electrons. The predicted molar refractivity (Wildman–Crippen MR) is 113 cm³/mol. The molecule has 0 bridgehead atoms. The van der Waals surface area contributed by atoms with Gasteiger partial charge < -0.3 is 37.5 Å². The number of hydrogen-bond acceptors (Lipinski definition) is 7. The summed E-state index contributed by atoms with van der Waals surface area (Å²) in [7, 11) is 0. The van der Waals surface area contributed by atoms with Gasteiger partial charge >= 0.3 is 5.97 Å². The molecule has 13 nitrogen and oxygen atoms in total. The minimum Gasteiger partial charge on any atom is -0.480 e. The molecule has 0 saturated heterocycles. The van der Waals surface area contributed by atoms with Gasteiger partial charge in [-0.15, -0.1) is 0 Å². The topological polar surface area (TPSA) is 222 Å². The van der Waals surface area contributed by atoms with Crippen LogP contribution in [-0.2, 0) is 30.4 Å². The van der Waals surface area contributed by atoms with Gasteiger partial charge in [0, 0.05) is 24.7 Å². The number of primary amides is 1. The lowest BCUT2D eigenvalue weighted by molar-refractivity contribution is -0.142. The van der Waals surface area contributed by atoms with Gasteiger partial charge in [0.15, 0.2) is 0 Å². The molecule has 32 heavy (non-hydrogen) atoms. The van der Waals surface area contributed by atoms with Crippen LogP contribution in [-0.4, -0.2) is 69.3 Å². The first-order valence-electron chi connectivity index (χ1n) is 10.2. The molecule has 1 aromatic rings. The van der Waals surface area contributed by atoms with Crippen molar-refractivity contribution in [2.24, 2.45) is 17.4 Å². The number of carbonyl (C=O) groups excluding carboxylic acids is 4. The number of carboxylic acid groups (broad SMARTS) is 1. The molecule has 0 spiro atoms. The Hall–Kier alpha value is -3.48. The number of aliphatic carboxylic acids is 1. The van der Waals surface area contributed by atoms with Crippen LogP contribution in [0.15, 0.2) is 12.5 Å². The fraction of sp³-hybridized carbons (Fsp3) is 0.579. The van der Waals surface area contributed by atoms with Crippen LogP contribution in [0, 0.1) is 5.92 Å². The SMILES string of the molecule is CCC(C)C(NC(=O)CN)C(=O)NC(Cc1cnc[nH]1)C(=O)NC(CCC(N)=O)C(=O)O. The average Bonchev–Trinajstić information content (AvgIpc) is 3.26. The first-order chi connectivity index (χ1) is 15.1. The van der Waals surface area contributed by atoms with Gasteiger partial charge in [0.05, 0.1) is 12.9 Å². The van der Waals surface area contributed by atoms with E-state index in [1.165, 1.54) is 12.5 Å². The van der Waals surface area contributed by atoms with Crippen LogP contribution in [0.1, 0.15) is 38.8 Å². The van der Waals surface area contributed by atoms with Crippen LogP contribution >= 0.6 is 0 Å². The molecule has 0 aliphatic carbocycles. The Balaban J connectivity index is 3.04. The maximum absolute atomic E-state index is 12.9. The highest BCUT2D eigenvalue weighted by Crippen LogP contribution is 2.10. The number of hydrogen-bond donors (Lipinski definition) is 7. The molecule has 4 unspecified atom stereocenters. The molecule has 1 heterocycles. The van der Waals surface area contributed by atoms with Crippen LogP contribution in [0.3, 0.4) is 0 Å². The molecule has 9 N–H and O–H groups in total. The van der Waals surface area contributed by atoms with Gasteiger partial charge in [0.2, 0.25) is 23.6 Å². The van der Waals surface area contributed by atoms with E-state index in [2.05, 4.69) is 25.9 Å². The van der Waals surface area contributed by atoms with E-state index in [0.29, 0.717) is 12.1 Å². The van der Waals surface area contributed by atoms with Crippen molar-refractivity contribution in [2.75, 3.05) is 6.54 Å². The zero-order valence-electron chi connectivity index (χ0n) is 18.1. The van der Waals surface area contributed by atoms with Crippen molar-refractivity contribution in [3.05, 3.63) is 18.2 Å². The van der Waals surface area contributed by atoms with Gasteiger partial charge in [-0.2, -0.15) is 0 Å². The van der Waals surface area contributed by atoms with Crippen molar-refractivity contribution >= 4 is 29.6 Å². The van der Waals surface area contributed by atoms with Crippen molar-refractivity contribution in [3.63, 3.8) is 0 Å². The van der Waals surface area contributed by atoms with E-state index in [4.69, 9.17) is 11.5 Å². The largest absolute Gasteiger partial charge is 0.480 e. The number of imidazole rings is 1. The maximum Gasteiger partial charge on any atom is 0.326 e. The summed E-state index contributed by atoms with van der Waals surface area (Å²) in [5.41, 5.74) is 10.9. The molecule has 0 saturated carbocycles. The molecular weight excluding hydrogens is 422 g/mol. The normalized spacial score (nSPS) is 14.5. The number of aromatic amines is 1. The zero-order chi connectivity index (χ0) is 24.3. The number of nitrogens with two attached hydrogens (primary N) is 2. The fourth-order valence-corrected chi connectivity index (χ4v) is 2.84. The molecule has 1 aromatic heterocycles. The minimum absolute atomic E-state index is 0.0161. The quantitative estimate of drug-likeness (QED) is 0.163. The van der Waals surface area contributed by atoms with Crippen molar-refractivity contribution in [1.29, 1.82) is 0 Å². The Morgan fingerprint density at radius 1 is 1.12 bits per heavy atom. The lowest BCUT2D eigenvalue weighted by atomic mass is 9.97. The summed E-state index contributed by atoms with van der Waals surface area (Å²) in [6.07, 6.45) is 2.95. The predicted octanol–water partition coefficient (Wildman–Crippen LogP) is -2.24. The van der Waals surface area contributed by atoms with Crippen LogP contribution < -0.4 is 27.4 Å². The number of H-pyrrole nitrogens is 1. The molecular formula is C19H31N7O6. The van der Waals surface area contributed by atoms with Gasteiger partial charge in [-0.1, -0.05) is 20.3 Å². The van der Waals surface area contributed by atoms with Crippen molar-refractivity contribution < 1.29 is 29.1 Å². The van der Waals surface area contributed by atoms with Gasteiger partial charge in [0.1, 0.15) is 18.1 Å². The monoisotopic (exact) mass is 453 g/mol. The van der Waals surface area contributed by atoms with E-state index in [0.717, 1.165) is 0 Å². The highest BCUT2D eigenvalue weighted by molar-refractivity contribution is 5.94. The second kappa shape index (κ2) is 13.0. The van der Waals surface area contributed by atoms with Gasteiger partial charge in [-0.3, -0.25) is 19.2 Å². The van der Waals surface area contributed by atoms with Crippen LogP contribution in [0.4, 0.5) is 0 Å². The zero-order valence-corrected chi connectivity index (χ0v) is 18.1. The number of carboxylic acids is 1. The Labute approximate surface area is 185 Å². The first-order valence-corrected chi connectivity index (χ1v) is 10.2. The van der Waals surface area contributed by atoms with E-state index < -0.39 is 47.7 Å². The summed E-state index contributed by atoms with van der Waals surface area (Å²) in [4.78, 5) is 66.7. The fourth-order valence-electron chi connectivity index (χ4n) is 2.84. The molecule has 0 aromatic carbocycles. The lowest BCUT2D eigenvalue weighted by Gasteiger charge is -2.27. The van der Waals surface area contributed by atoms with Crippen LogP contribution in [0.2, 0.25) is 0 Å². The number of carbonyl (C=O) groups is 5. The van der Waals surface area contributed by atoms with E-state index in [1.807, 2.05) is 6.92 Å². The Morgan fingerprint density at radius 3 is 2.28 bits per heavy atom. The number of rotatable bonds is 14. The van der Waals surface area contributed by atoms with E-state index in [-0.39, 0.29) is 31.7 Å². The van der Waals surface area contributed by atoms with Crippen molar-refractivity contribution in [1.82, 2.24) is 25.9 Å². The van der Waals surface area contributed by atoms with Gasteiger partial charge in [0.25, 0.3) is 0 Å². The highest BCUT2D eigenvalue weighted by atomic mass is 16.4. The third-order valence-corrected chi connectivity index (χ3v) is 4.90. The third-order valence-electron chi connectivity index (χ3n) is 4.90. The second-order valence-corrected chi connectivity index (χ2v) is 7.38. The third kappa shape index (κ3) is 8.71. The van der Waals surface area contributed by atoms with Crippen LogP contribution in [0.5, 0.6) is 0 Å². The summed E-state index contributed by atoms with van der Waals surface area (Å²) in [5, 5.41) is 16.8. The molecule has 0 fully saturated rings. The average molecular weight is 454 g/mol. The molecule has 0 aliphatic rings. The second-order valence-electron chi connectivity index (χ2n) is 7.38. The van der Waals surface area contributed by atoms with Crippen molar-refractivity contribution in [3.8, 4) is 0 Å². The van der Waals surface area contributed by atoms with E-state index in [9.17, 15) is 29.1 Å². The summed E-state index contributed by atoms with van der Waals surface area (Å²) in [6, 6.07) is -3.50. The molecule has 178 valence electrons. The van der Waals surface area contributed by atoms with Crippen molar-refractivity contribution in [2.45, 2.75) is 57.7 Å². The number of nitrogens with one attached hydrogen (secondary N) is 4.